The van der Waals surface area contributed by atoms with Gasteiger partial charge in [-0.3, -0.25) is 9.78 Å². The summed E-state index contributed by atoms with van der Waals surface area (Å²) in [5.41, 5.74) is 2.15. The highest BCUT2D eigenvalue weighted by Crippen LogP contribution is 2.29. The normalized spacial score (nSPS) is 15.5. The van der Waals surface area contributed by atoms with Crippen LogP contribution in [0.15, 0.2) is 30.6 Å². The first-order chi connectivity index (χ1) is 10.7. The van der Waals surface area contributed by atoms with Crippen LogP contribution < -0.4 is 5.32 Å². The standard InChI is InChI=1S/C17H19N3OS/c1-12(17-20-14-6-2-3-7-15(14)22-17)19-16(21)9-8-13-5-4-10-18-11-13/h4-5,8-12H,2-3,6-7H2,1H3,(H,19,21). The van der Waals surface area contributed by atoms with Crippen LogP contribution >= 0.6 is 11.3 Å². The molecule has 0 aromatic carbocycles. The maximum Gasteiger partial charge on any atom is 0.244 e. The Balaban J connectivity index is 1.61. The SMILES string of the molecule is CC(NC(=O)C=Cc1cccnc1)c1nc2c(s1)CCCC2. The van der Waals surface area contributed by atoms with Gasteiger partial charge >= 0.3 is 0 Å². The second-order valence-electron chi connectivity index (χ2n) is 5.48. The number of fused-ring (bicyclic) bond motifs is 1. The first kappa shape index (κ1) is 14.9. The number of hydrogen-bond acceptors (Lipinski definition) is 4. The van der Waals surface area contributed by atoms with Gasteiger partial charge in [0.15, 0.2) is 0 Å². The molecule has 0 spiro atoms. The fourth-order valence-electron chi connectivity index (χ4n) is 2.53. The number of hydrogen-bond donors (Lipinski definition) is 1. The topological polar surface area (TPSA) is 54.9 Å². The van der Waals surface area contributed by atoms with E-state index in [4.69, 9.17) is 4.98 Å². The van der Waals surface area contributed by atoms with Gasteiger partial charge in [0, 0.05) is 23.3 Å². The van der Waals surface area contributed by atoms with Gasteiger partial charge in [-0.2, -0.15) is 0 Å². The molecule has 2 heterocycles. The Morgan fingerprint density at radius 3 is 3.05 bits per heavy atom. The molecular formula is C17H19N3OS. The Morgan fingerprint density at radius 1 is 1.41 bits per heavy atom. The van der Waals surface area contributed by atoms with E-state index in [2.05, 4.69) is 10.3 Å². The zero-order valence-corrected chi connectivity index (χ0v) is 13.4. The van der Waals surface area contributed by atoms with Crippen LogP contribution in [-0.4, -0.2) is 15.9 Å². The summed E-state index contributed by atoms with van der Waals surface area (Å²) in [7, 11) is 0. The molecule has 114 valence electrons. The van der Waals surface area contributed by atoms with E-state index in [1.807, 2.05) is 19.1 Å². The summed E-state index contributed by atoms with van der Waals surface area (Å²) >= 11 is 1.74. The zero-order chi connectivity index (χ0) is 15.4. The molecule has 0 saturated heterocycles. The van der Waals surface area contributed by atoms with Crippen molar-refractivity contribution in [3.8, 4) is 0 Å². The lowest BCUT2D eigenvalue weighted by molar-refractivity contribution is -0.117. The maximum absolute atomic E-state index is 12.0. The van der Waals surface area contributed by atoms with E-state index in [9.17, 15) is 4.79 Å². The van der Waals surface area contributed by atoms with E-state index in [1.165, 1.54) is 23.4 Å². The van der Waals surface area contributed by atoms with Crippen LogP contribution in [0.2, 0.25) is 0 Å². The second kappa shape index (κ2) is 6.83. The van der Waals surface area contributed by atoms with Crippen molar-refractivity contribution in [3.63, 3.8) is 0 Å². The quantitative estimate of drug-likeness (QED) is 0.881. The molecule has 1 aliphatic carbocycles. The lowest BCUT2D eigenvalue weighted by atomic mass is 10.0. The molecule has 0 saturated carbocycles. The molecule has 0 fully saturated rings. The smallest absolute Gasteiger partial charge is 0.244 e. The van der Waals surface area contributed by atoms with Crippen molar-refractivity contribution in [1.82, 2.24) is 15.3 Å². The Labute approximate surface area is 134 Å². The minimum atomic E-state index is -0.107. The predicted octanol–water partition coefficient (Wildman–Crippen LogP) is 3.31. The number of pyridine rings is 1. The van der Waals surface area contributed by atoms with Gasteiger partial charge in [-0.25, -0.2) is 4.98 Å². The highest BCUT2D eigenvalue weighted by molar-refractivity contribution is 7.11. The Hall–Kier alpha value is -2.01. The van der Waals surface area contributed by atoms with Crippen molar-refractivity contribution in [3.05, 3.63) is 51.7 Å². The van der Waals surface area contributed by atoms with Crippen molar-refractivity contribution in [2.45, 2.75) is 38.6 Å². The maximum atomic E-state index is 12.0. The molecule has 0 radical (unpaired) electrons. The third kappa shape index (κ3) is 3.60. The van der Waals surface area contributed by atoms with Crippen molar-refractivity contribution >= 4 is 23.3 Å². The largest absolute Gasteiger partial charge is 0.344 e. The lowest BCUT2D eigenvalue weighted by Gasteiger charge is -2.08. The molecule has 1 amide bonds. The second-order valence-corrected chi connectivity index (χ2v) is 6.59. The molecule has 2 aromatic heterocycles. The number of carbonyl (C=O) groups excluding carboxylic acids is 1. The van der Waals surface area contributed by atoms with E-state index < -0.39 is 0 Å². The van der Waals surface area contributed by atoms with Crippen molar-refractivity contribution in [2.24, 2.45) is 0 Å². The van der Waals surface area contributed by atoms with Crippen molar-refractivity contribution < 1.29 is 4.79 Å². The molecule has 0 aliphatic heterocycles. The van der Waals surface area contributed by atoms with E-state index in [1.54, 1.807) is 35.9 Å². The molecule has 3 rings (SSSR count). The number of amides is 1. The Bertz CT molecular complexity index is 655. The van der Waals surface area contributed by atoms with Gasteiger partial charge in [0.1, 0.15) is 5.01 Å². The van der Waals surface area contributed by atoms with Gasteiger partial charge in [0.25, 0.3) is 0 Å². The summed E-state index contributed by atoms with van der Waals surface area (Å²) in [6.07, 6.45) is 11.4. The summed E-state index contributed by atoms with van der Waals surface area (Å²) in [6, 6.07) is 3.71. The average molecular weight is 313 g/mol. The molecule has 4 nitrogen and oxygen atoms in total. The Morgan fingerprint density at radius 2 is 2.27 bits per heavy atom. The first-order valence-electron chi connectivity index (χ1n) is 7.59. The molecule has 1 atom stereocenters. The van der Waals surface area contributed by atoms with E-state index in [-0.39, 0.29) is 11.9 Å². The minimum absolute atomic E-state index is 0.0540. The summed E-state index contributed by atoms with van der Waals surface area (Å²) in [6.45, 7) is 1.99. The van der Waals surface area contributed by atoms with Crippen LogP contribution in [0.3, 0.4) is 0 Å². The molecule has 1 aliphatic rings. The number of nitrogens with zero attached hydrogens (tertiary/aromatic N) is 2. The molecule has 0 bridgehead atoms. The monoisotopic (exact) mass is 313 g/mol. The van der Waals surface area contributed by atoms with E-state index in [0.717, 1.165) is 23.4 Å². The van der Waals surface area contributed by atoms with Crippen LogP contribution in [0.1, 0.15) is 46.9 Å². The number of aryl methyl sites for hydroxylation is 2. The summed E-state index contributed by atoms with van der Waals surface area (Å²) < 4.78 is 0. The van der Waals surface area contributed by atoms with Crippen LogP contribution in [-0.2, 0) is 17.6 Å². The number of rotatable bonds is 4. The zero-order valence-electron chi connectivity index (χ0n) is 12.6. The van der Waals surface area contributed by atoms with Crippen LogP contribution in [0.25, 0.3) is 6.08 Å². The van der Waals surface area contributed by atoms with Gasteiger partial charge in [0.2, 0.25) is 5.91 Å². The number of carbonyl (C=O) groups is 1. The number of nitrogens with one attached hydrogen (secondary N) is 1. The minimum Gasteiger partial charge on any atom is -0.344 e. The fraction of sp³-hybridized carbons (Fsp3) is 0.353. The van der Waals surface area contributed by atoms with Crippen molar-refractivity contribution in [1.29, 1.82) is 0 Å². The number of thiazole rings is 1. The highest BCUT2D eigenvalue weighted by atomic mass is 32.1. The third-order valence-corrected chi connectivity index (χ3v) is 5.04. The number of aromatic nitrogens is 2. The predicted molar refractivity (Wildman–Crippen MR) is 88.6 cm³/mol. The van der Waals surface area contributed by atoms with Gasteiger partial charge in [-0.15, -0.1) is 11.3 Å². The molecule has 2 aromatic rings. The van der Waals surface area contributed by atoms with Gasteiger partial charge in [-0.05, 0) is 50.3 Å². The van der Waals surface area contributed by atoms with Crippen LogP contribution in [0, 0.1) is 0 Å². The summed E-state index contributed by atoms with van der Waals surface area (Å²) in [4.78, 5) is 22.1. The summed E-state index contributed by atoms with van der Waals surface area (Å²) in [5.74, 6) is -0.107. The molecule has 5 heteroatoms. The van der Waals surface area contributed by atoms with Crippen molar-refractivity contribution in [2.75, 3.05) is 0 Å². The first-order valence-corrected chi connectivity index (χ1v) is 8.41. The molecule has 1 unspecified atom stereocenters. The van der Waals surface area contributed by atoms with Gasteiger partial charge in [0.05, 0.1) is 11.7 Å². The highest BCUT2D eigenvalue weighted by Gasteiger charge is 2.18. The average Bonchev–Trinajstić information content (AvgIpc) is 2.98. The Kier molecular flexibility index (Phi) is 4.63. The van der Waals surface area contributed by atoms with Crippen LogP contribution in [0.4, 0.5) is 0 Å². The lowest BCUT2D eigenvalue weighted by Crippen LogP contribution is -2.24. The van der Waals surface area contributed by atoms with Gasteiger partial charge < -0.3 is 5.32 Å². The van der Waals surface area contributed by atoms with E-state index in [0.29, 0.717) is 0 Å². The molecule has 22 heavy (non-hydrogen) atoms. The molecular weight excluding hydrogens is 294 g/mol. The van der Waals surface area contributed by atoms with Gasteiger partial charge in [-0.1, -0.05) is 6.07 Å². The summed E-state index contributed by atoms with van der Waals surface area (Å²) in [5, 5.41) is 3.99. The van der Waals surface area contributed by atoms with E-state index >= 15 is 0 Å². The third-order valence-electron chi connectivity index (χ3n) is 3.70. The fourth-order valence-corrected chi connectivity index (χ4v) is 3.68. The van der Waals surface area contributed by atoms with Crippen LogP contribution in [0.5, 0.6) is 0 Å². The molecule has 1 N–H and O–H groups in total.